The number of aromatic carboxylic acids is 1. The van der Waals surface area contributed by atoms with Crippen molar-refractivity contribution in [3.05, 3.63) is 34.7 Å². The summed E-state index contributed by atoms with van der Waals surface area (Å²) in [6.07, 6.45) is 0. The van der Waals surface area contributed by atoms with Crippen LogP contribution < -0.4 is 5.32 Å². The van der Waals surface area contributed by atoms with Gasteiger partial charge in [0.05, 0.1) is 6.61 Å². The van der Waals surface area contributed by atoms with E-state index in [0.29, 0.717) is 24.6 Å². The van der Waals surface area contributed by atoms with Crippen LogP contribution in [0.25, 0.3) is 10.1 Å². The Morgan fingerprint density at radius 1 is 1.42 bits per heavy atom. The monoisotopic (exact) mass is 279 g/mol. The number of nitrogens with one attached hydrogen (secondary N) is 1. The van der Waals surface area contributed by atoms with Crippen molar-refractivity contribution < 1.29 is 14.6 Å². The van der Waals surface area contributed by atoms with E-state index in [4.69, 9.17) is 4.74 Å². The fraction of sp³-hybridized carbons (Fsp3) is 0.357. The molecular formula is C14H17NO3S. The Bertz CT molecular complexity index is 565. The van der Waals surface area contributed by atoms with Crippen LogP contribution in [-0.4, -0.2) is 30.8 Å². The summed E-state index contributed by atoms with van der Waals surface area (Å²) in [5, 5.41) is 13.5. The minimum atomic E-state index is -0.859. The Kier molecular flexibility index (Phi) is 4.90. The summed E-state index contributed by atoms with van der Waals surface area (Å²) >= 11 is 1.33. The number of hydrogen-bond donors (Lipinski definition) is 2. The summed E-state index contributed by atoms with van der Waals surface area (Å²) in [5.41, 5.74) is 0.865. The number of thiophene rings is 1. The van der Waals surface area contributed by atoms with E-state index in [-0.39, 0.29) is 0 Å². The minimum Gasteiger partial charge on any atom is -0.477 e. The van der Waals surface area contributed by atoms with Crippen molar-refractivity contribution >= 4 is 27.4 Å². The fourth-order valence-corrected chi connectivity index (χ4v) is 3.01. The van der Waals surface area contributed by atoms with Crippen molar-refractivity contribution in [2.45, 2.75) is 13.5 Å². The molecule has 0 aliphatic rings. The molecule has 0 amide bonds. The second kappa shape index (κ2) is 6.65. The van der Waals surface area contributed by atoms with E-state index < -0.39 is 5.97 Å². The summed E-state index contributed by atoms with van der Waals surface area (Å²) in [6.45, 7) is 4.56. The quantitative estimate of drug-likeness (QED) is 0.765. The van der Waals surface area contributed by atoms with E-state index in [1.165, 1.54) is 11.3 Å². The highest BCUT2D eigenvalue weighted by Gasteiger charge is 2.16. The molecule has 0 atom stereocenters. The molecule has 1 aromatic heterocycles. The third-order valence-corrected chi connectivity index (χ3v) is 4.02. The lowest BCUT2D eigenvalue weighted by molar-refractivity contribution is 0.0701. The zero-order valence-electron chi connectivity index (χ0n) is 10.8. The standard InChI is InChI=1S/C14H17NO3S/c1-2-18-8-7-15-9-11-10-5-3-4-6-12(10)19-13(11)14(16)17/h3-6,15H,2,7-9H2,1H3,(H,16,17). The summed E-state index contributed by atoms with van der Waals surface area (Å²) in [4.78, 5) is 11.7. The fourth-order valence-electron chi connectivity index (χ4n) is 1.95. The molecule has 5 heteroatoms. The third-order valence-electron chi connectivity index (χ3n) is 2.82. The maximum absolute atomic E-state index is 11.3. The zero-order valence-corrected chi connectivity index (χ0v) is 11.6. The first-order valence-electron chi connectivity index (χ1n) is 6.26. The molecule has 2 N–H and O–H groups in total. The number of hydrogen-bond acceptors (Lipinski definition) is 4. The van der Waals surface area contributed by atoms with Crippen molar-refractivity contribution in [1.29, 1.82) is 0 Å². The first-order valence-corrected chi connectivity index (χ1v) is 7.07. The van der Waals surface area contributed by atoms with E-state index >= 15 is 0 Å². The van der Waals surface area contributed by atoms with Crippen LogP contribution in [0.3, 0.4) is 0 Å². The first kappa shape index (κ1) is 14.0. The van der Waals surface area contributed by atoms with Crippen molar-refractivity contribution in [2.24, 2.45) is 0 Å². The predicted octanol–water partition coefficient (Wildman–Crippen LogP) is 2.73. The average Bonchev–Trinajstić information content (AvgIpc) is 2.78. The molecule has 0 bridgehead atoms. The number of carbonyl (C=O) groups is 1. The molecule has 0 unspecified atom stereocenters. The highest BCUT2D eigenvalue weighted by atomic mass is 32.1. The number of carboxylic acids is 1. The zero-order chi connectivity index (χ0) is 13.7. The molecule has 0 fully saturated rings. The molecule has 1 aromatic carbocycles. The molecule has 0 aliphatic carbocycles. The molecule has 19 heavy (non-hydrogen) atoms. The van der Waals surface area contributed by atoms with Gasteiger partial charge in [0.1, 0.15) is 4.88 Å². The van der Waals surface area contributed by atoms with Crippen molar-refractivity contribution in [2.75, 3.05) is 19.8 Å². The highest BCUT2D eigenvalue weighted by molar-refractivity contribution is 7.21. The van der Waals surface area contributed by atoms with Gasteiger partial charge in [0.25, 0.3) is 0 Å². The summed E-state index contributed by atoms with van der Waals surface area (Å²) in [7, 11) is 0. The van der Waals surface area contributed by atoms with Crippen LogP contribution in [0.15, 0.2) is 24.3 Å². The van der Waals surface area contributed by atoms with E-state index in [1.807, 2.05) is 31.2 Å². The maximum Gasteiger partial charge on any atom is 0.346 e. The van der Waals surface area contributed by atoms with Gasteiger partial charge >= 0.3 is 5.97 Å². The lowest BCUT2D eigenvalue weighted by atomic mass is 10.1. The van der Waals surface area contributed by atoms with Crippen LogP contribution in [0.2, 0.25) is 0 Å². The Hall–Kier alpha value is -1.43. The van der Waals surface area contributed by atoms with Crippen LogP contribution in [0.1, 0.15) is 22.2 Å². The van der Waals surface area contributed by atoms with Crippen molar-refractivity contribution in [3.63, 3.8) is 0 Å². The number of ether oxygens (including phenoxy) is 1. The van der Waals surface area contributed by atoms with E-state index in [0.717, 1.165) is 22.2 Å². The number of carboxylic acid groups (broad SMARTS) is 1. The van der Waals surface area contributed by atoms with E-state index in [1.54, 1.807) is 0 Å². The molecule has 0 spiro atoms. The van der Waals surface area contributed by atoms with Crippen LogP contribution in [0, 0.1) is 0 Å². The molecule has 4 nitrogen and oxygen atoms in total. The Labute approximate surface area is 116 Å². The molecule has 2 aromatic rings. The Balaban J connectivity index is 2.15. The SMILES string of the molecule is CCOCCNCc1c(C(=O)O)sc2ccccc12. The van der Waals surface area contributed by atoms with Crippen molar-refractivity contribution in [3.8, 4) is 0 Å². The van der Waals surface area contributed by atoms with Gasteiger partial charge in [-0.05, 0) is 23.9 Å². The van der Waals surface area contributed by atoms with Crippen LogP contribution in [-0.2, 0) is 11.3 Å². The number of benzene rings is 1. The van der Waals surface area contributed by atoms with Gasteiger partial charge in [-0.3, -0.25) is 0 Å². The van der Waals surface area contributed by atoms with Gasteiger partial charge in [0.2, 0.25) is 0 Å². The predicted molar refractivity (Wildman–Crippen MR) is 77.0 cm³/mol. The average molecular weight is 279 g/mol. The summed E-state index contributed by atoms with van der Waals surface area (Å²) < 4.78 is 6.26. The molecule has 1 heterocycles. The number of fused-ring (bicyclic) bond motifs is 1. The van der Waals surface area contributed by atoms with Crippen LogP contribution in [0.5, 0.6) is 0 Å². The first-order chi connectivity index (χ1) is 9.24. The second-order valence-electron chi connectivity index (χ2n) is 4.08. The lowest BCUT2D eigenvalue weighted by Gasteiger charge is -2.05. The smallest absolute Gasteiger partial charge is 0.346 e. The van der Waals surface area contributed by atoms with Gasteiger partial charge in [-0.15, -0.1) is 11.3 Å². The summed E-state index contributed by atoms with van der Waals surface area (Å²) in [6, 6.07) is 7.79. The van der Waals surface area contributed by atoms with Crippen molar-refractivity contribution in [1.82, 2.24) is 5.32 Å². The second-order valence-corrected chi connectivity index (χ2v) is 5.14. The molecule has 0 saturated heterocycles. The topological polar surface area (TPSA) is 58.6 Å². The van der Waals surface area contributed by atoms with E-state index in [2.05, 4.69) is 5.32 Å². The van der Waals surface area contributed by atoms with Gasteiger partial charge < -0.3 is 15.2 Å². The van der Waals surface area contributed by atoms with Crippen LogP contribution >= 0.6 is 11.3 Å². The highest BCUT2D eigenvalue weighted by Crippen LogP contribution is 2.31. The number of rotatable bonds is 7. The normalized spacial score (nSPS) is 11.0. The largest absolute Gasteiger partial charge is 0.477 e. The lowest BCUT2D eigenvalue weighted by Crippen LogP contribution is -2.20. The van der Waals surface area contributed by atoms with Gasteiger partial charge in [-0.1, -0.05) is 18.2 Å². The molecule has 2 rings (SSSR count). The molecule has 0 saturated carbocycles. The third kappa shape index (κ3) is 3.32. The van der Waals surface area contributed by atoms with Gasteiger partial charge in [0, 0.05) is 24.4 Å². The Morgan fingerprint density at radius 3 is 2.95 bits per heavy atom. The van der Waals surface area contributed by atoms with Gasteiger partial charge in [0.15, 0.2) is 0 Å². The van der Waals surface area contributed by atoms with Crippen LogP contribution in [0.4, 0.5) is 0 Å². The molecule has 0 radical (unpaired) electrons. The molecule has 0 aliphatic heterocycles. The van der Waals surface area contributed by atoms with Gasteiger partial charge in [-0.2, -0.15) is 0 Å². The molecule has 102 valence electrons. The molecular weight excluding hydrogens is 262 g/mol. The van der Waals surface area contributed by atoms with E-state index in [9.17, 15) is 9.90 Å². The Morgan fingerprint density at radius 2 is 2.21 bits per heavy atom. The minimum absolute atomic E-state index is 0.421. The summed E-state index contributed by atoms with van der Waals surface area (Å²) in [5.74, 6) is -0.859. The van der Waals surface area contributed by atoms with Gasteiger partial charge in [-0.25, -0.2) is 4.79 Å². The maximum atomic E-state index is 11.3.